The molecule has 0 radical (unpaired) electrons. The van der Waals surface area contributed by atoms with Gasteiger partial charge in [-0.2, -0.15) is 0 Å². The van der Waals surface area contributed by atoms with Crippen LogP contribution in [0.2, 0.25) is 0 Å². The predicted molar refractivity (Wildman–Crippen MR) is 57.2 cm³/mol. The number of aryl methyl sites for hydroxylation is 1. The molecule has 0 aliphatic heterocycles. The van der Waals surface area contributed by atoms with E-state index in [9.17, 15) is 9.90 Å². The molecule has 1 aliphatic rings. The number of aromatic nitrogens is 1. The van der Waals surface area contributed by atoms with Gasteiger partial charge in [0.1, 0.15) is 5.75 Å². The second-order valence-corrected chi connectivity index (χ2v) is 3.99. The highest BCUT2D eigenvalue weighted by Gasteiger charge is 2.22. The topological polar surface area (TPSA) is 53.1 Å². The summed E-state index contributed by atoms with van der Waals surface area (Å²) in [6, 6.07) is 5.11. The summed E-state index contributed by atoms with van der Waals surface area (Å²) >= 11 is 0. The van der Waals surface area contributed by atoms with Crippen LogP contribution >= 0.6 is 0 Å². The first kappa shape index (κ1) is 8.53. The average molecular weight is 201 g/mol. The maximum Gasteiger partial charge on any atom is 0.165 e. The van der Waals surface area contributed by atoms with E-state index in [1.54, 1.807) is 12.1 Å². The fraction of sp³-hybridized carbons (Fsp3) is 0.250. The van der Waals surface area contributed by atoms with E-state index in [0.29, 0.717) is 6.42 Å². The van der Waals surface area contributed by atoms with E-state index in [4.69, 9.17) is 0 Å². The van der Waals surface area contributed by atoms with Crippen molar-refractivity contribution >= 4 is 16.7 Å². The van der Waals surface area contributed by atoms with Crippen molar-refractivity contribution in [3.63, 3.8) is 0 Å². The van der Waals surface area contributed by atoms with Crippen molar-refractivity contribution in [2.75, 3.05) is 0 Å². The third-order valence-corrected chi connectivity index (χ3v) is 2.97. The highest BCUT2D eigenvalue weighted by Crippen LogP contribution is 2.30. The number of carbonyl (C=O) groups excluding carboxylic acids is 1. The molecule has 1 heterocycles. The van der Waals surface area contributed by atoms with Gasteiger partial charge >= 0.3 is 0 Å². The molecule has 0 amide bonds. The smallest absolute Gasteiger partial charge is 0.165 e. The van der Waals surface area contributed by atoms with Crippen molar-refractivity contribution < 1.29 is 9.90 Å². The van der Waals surface area contributed by atoms with Crippen molar-refractivity contribution in [2.45, 2.75) is 19.3 Å². The highest BCUT2D eigenvalue weighted by molar-refractivity contribution is 6.10. The molecule has 15 heavy (non-hydrogen) atoms. The van der Waals surface area contributed by atoms with Gasteiger partial charge in [0.05, 0.1) is 0 Å². The summed E-state index contributed by atoms with van der Waals surface area (Å²) in [6.07, 6.45) is 2.47. The normalized spacial score (nSPS) is 15.6. The molecule has 3 heteroatoms. The van der Waals surface area contributed by atoms with E-state index in [-0.39, 0.29) is 11.5 Å². The lowest BCUT2D eigenvalue weighted by atomic mass is 9.94. The summed E-state index contributed by atoms with van der Waals surface area (Å²) in [7, 11) is 0. The standard InChI is InChI=1S/C12H11NO2/c14-7-4-5-9-8(6-7)12-10(13-9)2-1-3-11(12)15/h4-6,13-14H,1-3H2. The molecule has 0 spiro atoms. The third kappa shape index (κ3) is 1.16. The molecule has 0 unspecified atom stereocenters. The number of Topliss-reactive ketones (excluding diaryl/α,β-unsaturated/α-hetero) is 1. The van der Waals surface area contributed by atoms with Crippen molar-refractivity contribution in [3.8, 4) is 5.75 Å². The molecule has 2 N–H and O–H groups in total. The van der Waals surface area contributed by atoms with Gasteiger partial charge in [0.15, 0.2) is 5.78 Å². The van der Waals surface area contributed by atoms with Crippen molar-refractivity contribution in [1.82, 2.24) is 4.98 Å². The van der Waals surface area contributed by atoms with Crippen LogP contribution in [-0.4, -0.2) is 15.9 Å². The number of carbonyl (C=O) groups is 1. The summed E-state index contributed by atoms with van der Waals surface area (Å²) in [5.41, 5.74) is 2.74. The number of H-pyrrole nitrogens is 1. The number of phenols is 1. The van der Waals surface area contributed by atoms with Crippen LogP contribution in [0, 0.1) is 0 Å². The Morgan fingerprint density at radius 3 is 3.00 bits per heavy atom. The quantitative estimate of drug-likeness (QED) is 0.687. The maximum atomic E-state index is 11.8. The third-order valence-electron chi connectivity index (χ3n) is 2.97. The molecule has 0 bridgehead atoms. The minimum absolute atomic E-state index is 0.188. The predicted octanol–water partition coefficient (Wildman–Crippen LogP) is 2.39. The molecule has 0 atom stereocenters. The first-order valence-corrected chi connectivity index (χ1v) is 5.12. The van der Waals surface area contributed by atoms with E-state index < -0.39 is 0 Å². The van der Waals surface area contributed by atoms with Crippen LogP contribution < -0.4 is 0 Å². The van der Waals surface area contributed by atoms with E-state index in [0.717, 1.165) is 35.0 Å². The lowest BCUT2D eigenvalue weighted by molar-refractivity contribution is 0.0974. The summed E-state index contributed by atoms with van der Waals surface area (Å²) in [6.45, 7) is 0. The number of phenolic OH excluding ortho intramolecular Hbond substituents is 1. The second-order valence-electron chi connectivity index (χ2n) is 3.99. The molecule has 0 saturated carbocycles. The van der Waals surface area contributed by atoms with Crippen LogP contribution in [0.4, 0.5) is 0 Å². The number of nitrogens with one attached hydrogen (secondary N) is 1. The largest absolute Gasteiger partial charge is 0.508 e. The number of aromatic hydroxyl groups is 1. The van der Waals surface area contributed by atoms with Crippen LogP contribution in [0.15, 0.2) is 18.2 Å². The van der Waals surface area contributed by atoms with E-state index in [2.05, 4.69) is 4.98 Å². The van der Waals surface area contributed by atoms with Gasteiger partial charge < -0.3 is 10.1 Å². The number of benzene rings is 1. The minimum Gasteiger partial charge on any atom is -0.508 e. The van der Waals surface area contributed by atoms with Crippen LogP contribution in [0.1, 0.15) is 28.9 Å². The van der Waals surface area contributed by atoms with Gasteiger partial charge in [-0.15, -0.1) is 0 Å². The highest BCUT2D eigenvalue weighted by atomic mass is 16.3. The van der Waals surface area contributed by atoms with Crippen LogP contribution in [0.5, 0.6) is 5.75 Å². The average Bonchev–Trinajstić information content (AvgIpc) is 2.57. The first-order chi connectivity index (χ1) is 7.25. The summed E-state index contributed by atoms with van der Waals surface area (Å²) in [4.78, 5) is 15.0. The van der Waals surface area contributed by atoms with Gasteiger partial charge in [-0.25, -0.2) is 0 Å². The zero-order chi connectivity index (χ0) is 10.4. The first-order valence-electron chi connectivity index (χ1n) is 5.12. The molecule has 3 rings (SSSR count). The number of ketones is 1. The van der Waals surface area contributed by atoms with Crippen molar-refractivity contribution in [1.29, 1.82) is 0 Å². The van der Waals surface area contributed by atoms with Gasteiger partial charge in [-0.05, 0) is 31.0 Å². The number of fused-ring (bicyclic) bond motifs is 3. The Bertz CT molecular complexity index is 554. The second kappa shape index (κ2) is 2.86. The number of rotatable bonds is 0. The zero-order valence-electron chi connectivity index (χ0n) is 8.21. The lowest BCUT2D eigenvalue weighted by Gasteiger charge is -2.09. The van der Waals surface area contributed by atoms with Gasteiger partial charge in [0, 0.05) is 28.6 Å². The summed E-state index contributed by atoms with van der Waals surface area (Å²) in [5.74, 6) is 0.399. The lowest BCUT2D eigenvalue weighted by Crippen LogP contribution is -2.08. The van der Waals surface area contributed by atoms with E-state index in [1.165, 1.54) is 0 Å². The minimum atomic E-state index is 0.188. The van der Waals surface area contributed by atoms with Crippen LogP contribution in [-0.2, 0) is 6.42 Å². The molecule has 3 nitrogen and oxygen atoms in total. The Morgan fingerprint density at radius 2 is 2.13 bits per heavy atom. The number of hydrogen-bond acceptors (Lipinski definition) is 2. The Labute approximate surface area is 86.7 Å². The summed E-state index contributed by atoms with van der Waals surface area (Å²) < 4.78 is 0. The SMILES string of the molecule is O=C1CCCc2[nH]c3ccc(O)cc3c21. The molecule has 0 fully saturated rings. The Hall–Kier alpha value is -1.77. The summed E-state index contributed by atoms with van der Waals surface area (Å²) in [5, 5.41) is 10.3. The van der Waals surface area contributed by atoms with Crippen LogP contribution in [0.3, 0.4) is 0 Å². The molecule has 1 aliphatic carbocycles. The number of hydrogen-bond donors (Lipinski definition) is 2. The molecule has 1 aromatic heterocycles. The van der Waals surface area contributed by atoms with E-state index in [1.807, 2.05) is 6.07 Å². The molecule has 76 valence electrons. The fourth-order valence-electron chi connectivity index (χ4n) is 2.29. The molecular weight excluding hydrogens is 190 g/mol. The number of aromatic amines is 1. The fourth-order valence-corrected chi connectivity index (χ4v) is 2.29. The van der Waals surface area contributed by atoms with E-state index >= 15 is 0 Å². The monoisotopic (exact) mass is 201 g/mol. The zero-order valence-corrected chi connectivity index (χ0v) is 8.21. The van der Waals surface area contributed by atoms with Gasteiger partial charge in [0.25, 0.3) is 0 Å². The van der Waals surface area contributed by atoms with Crippen molar-refractivity contribution in [3.05, 3.63) is 29.5 Å². The Balaban J connectivity index is 2.38. The van der Waals surface area contributed by atoms with Gasteiger partial charge in [-0.1, -0.05) is 0 Å². The Morgan fingerprint density at radius 1 is 1.27 bits per heavy atom. The molecule has 0 saturated heterocycles. The molecule has 1 aromatic carbocycles. The van der Waals surface area contributed by atoms with Crippen molar-refractivity contribution in [2.24, 2.45) is 0 Å². The van der Waals surface area contributed by atoms with Gasteiger partial charge in [0.2, 0.25) is 0 Å². The maximum absolute atomic E-state index is 11.8. The van der Waals surface area contributed by atoms with Crippen LogP contribution in [0.25, 0.3) is 10.9 Å². The van der Waals surface area contributed by atoms with Gasteiger partial charge in [-0.3, -0.25) is 4.79 Å². The molecular formula is C12H11NO2. The Kier molecular flexibility index (Phi) is 1.63. The molecule has 2 aromatic rings.